The molecule has 5 nitrogen and oxygen atoms in total. The Morgan fingerprint density at radius 2 is 2.25 bits per heavy atom. The lowest BCUT2D eigenvalue weighted by Gasteiger charge is -1.97. The highest BCUT2D eigenvalue weighted by molar-refractivity contribution is 5.72. The van der Waals surface area contributed by atoms with Crippen LogP contribution in [0.4, 0.5) is 5.82 Å². The van der Waals surface area contributed by atoms with Crippen molar-refractivity contribution in [1.82, 2.24) is 9.97 Å². The van der Waals surface area contributed by atoms with E-state index in [1.165, 1.54) is 0 Å². The Morgan fingerprint density at radius 1 is 1.62 bits per heavy atom. The number of aromatic amines is 1. The molecule has 0 spiro atoms. The Morgan fingerprint density at radius 3 is 2.69 bits per heavy atom. The van der Waals surface area contributed by atoms with Gasteiger partial charge in [0.2, 0.25) is 0 Å². The van der Waals surface area contributed by atoms with Crippen LogP contribution >= 0.6 is 0 Å². The predicted octanol–water partition coefficient (Wildman–Crippen LogP) is 1.77. The standard InChI is InChI=1S/C9H13N3O2.C2H6/c1-3-6-9(10)12-7(11-6)5-8(13)14-4-2;1-2/h3H,1,4-5,10H2,2H3,(H,11,12);1-2H3. The van der Waals surface area contributed by atoms with E-state index in [4.69, 9.17) is 10.5 Å². The van der Waals surface area contributed by atoms with Crippen LogP contribution in [0.2, 0.25) is 0 Å². The monoisotopic (exact) mass is 225 g/mol. The number of hydrogen-bond donors (Lipinski definition) is 2. The molecule has 0 fully saturated rings. The molecule has 0 bridgehead atoms. The Bertz CT molecular complexity index is 345. The van der Waals surface area contributed by atoms with Crippen molar-refractivity contribution in [2.45, 2.75) is 27.2 Å². The van der Waals surface area contributed by atoms with E-state index < -0.39 is 0 Å². The maximum absolute atomic E-state index is 11.1. The summed E-state index contributed by atoms with van der Waals surface area (Å²) < 4.78 is 4.76. The first-order valence-corrected chi connectivity index (χ1v) is 5.29. The maximum atomic E-state index is 11.1. The minimum atomic E-state index is -0.322. The maximum Gasteiger partial charge on any atom is 0.313 e. The number of aromatic nitrogens is 2. The Labute approximate surface area is 95.7 Å². The normalized spacial score (nSPS) is 8.94. The molecule has 0 amide bonds. The van der Waals surface area contributed by atoms with Crippen molar-refractivity contribution in [1.29, 1.82) is 0 Å². The third-order valence-electron chi connectivity index (χ3n) is 1.63. The topological polar surface area (TPSA) is 81.0 Å². The summed E-state index contributed by atoms with van der Waals surface area (Å²) in [5.41, 5.74) is 6.16. The molecule has 3 N–H and O–H groups in total. The Kier molecular flexibility index (Phi) is 6.67. The van der Waals surface area contributed by atoms with Crippen LogP contribution in [0.5, 0.6) is 0 Å². The van der Waals surface area contributed by atoms with Gasteiger partial charge in [0.25, 0.3) is 0 Å². The number of esters is 1. The van der Waals surface area contributed by atoms with Crippen molar-refractivity contribution in [3.05, 3.63) is 18.1 Å². The second-order valence-electron chi connectivity index (χ2n) is 2.67. The summed E-state index contributed by atoms with van der Waals surface area (Å²) in [7, 11) is 0. The minimum Gasteiger partial charge on any atom is -0.466 e. The van der Waals surface area contributed by atoms with Crippen LogP contribution in [0.25, 0.3) is 6.08 Å². The van der Waals surface area contributed by atoms with Crippen LogP contribution < -0.4 is 5.73 Å². The number of rotatable bonds is 4. The molecule has 90 valence electrons. The summed E-state index contributed by atoms with van der Waals surface area (Å²) in [5, 5.41) is 0. The molecule has 1 aromatic heterocycles. The van der Waals surface area contributed by atoms with E-state index in [0.29, 0.717) is 23.9 Å². The largest absolute Gasteiger partial charge is 0.466 e. The molecular weight excluding hydrogens is 206 g/mol. The SMILES string of the molecule is C=Cc1[nH]c(CC(=O)OCC)nc1N.CC. The number of nitrogens with two attached hydrogens (primary N) is 1. The van der Waals surface area contributed by atoms with Gasteiger partial charge in [-0.2, -0.15) is 0 Å². The van der Waals surface area contributed by atoms with Crippen molar-refractivity contribution < 1.29 is 9.53 Å². The molecule has 5 heteroatoms. The number of H-pyrrole nitrogens is 1. The van der Waals surface area contributed by atoms with E-state index in [0.717, 1.165) is 0 Å². The average Bonchev–Trinajstić information content (AvgIpc) is 2.62. The van der Waals surface area contributed by atoms with Crippen LogP contribution in [0, 0.1) is 0 Å². The smallest absolute Gasteiger partial charge is 0.313 e. The molecular formula is C11H19N3O2. The molecule has 1 rings (SSSR count). The first kappa shape index (κ1) is 14.2. The van der Waals surface area contributed by atoms with Gasteiger partial charge in [-0.3, -0.25) is 4.79 Å². The lowest BCUT2D eigenvalue weighted by atomic mass is 10.4. The van der Waals surface area contributed by atoms with Gasteiger partial charge in [0, 0.05) is 0 Å². The third kappa shape index (κ3) is 4.16. The molecule has 0 aliphatic heterocycles. The van der Waals surface area contributed by atoms with Crippen LogP contribution in [0.1, 0.15) is 32.3 Å². The van der Waals surface area contributed by atoms with Gasteiger partial charge in [0.15, 0.2) is 0 Å². The summed E-state index contributed by atoms with van der Waals surface area (Å²) in [6.07, 6.45) is 1.66. The number of hydrogen-bond acceptors (Lipinski definition) is 4. The number of imidazole rings is 1. The van der Waals surface area contributed by atoms with E-state index in [1.54, 1.807) is 13.0 Å². The first-order valence-electron chi connectivity index (χ1n) is 5.29. The highest BCUT2D eigenvalue weighted by Crippen LogP contribution is 2.09. The molecule has 0 aromatic carbocycles. The summed E-state index contributed by atoms with van der Waals surface area (Å²) in [6.45, 7) is 9.67. The number of ether oxygens (including phenoxy) is 1. The van der Waals surface area contributed by atoms with E-state index >= 15 is 0 Å². The zero-order valence-corrected chi connectivity index (χ0v) is 10.0. The summed E-state index contributed by atoms with van der Waals surface area (Å²) in [6, 6.07) is 0. The molecule has 0 saturated heterocycles. The molecule has 0 radical (unpaired) electrons. The molecule has 0 aliphatic carbocycles. The zero-order chi connectivity index (χ0) is 12.6. The highest BCUT2D eigenvalue weighted by Gasteiger charge is 2.09. The van der Waals surface area contributed by atoms with Crippen molar-refractivity contribution in [3.8, 4) is 0 Å². The number of nitrogens with one attached hydrogen (secondary N) is 1. The summed E-state index contributed by atoms with van der Waals surface area (Å²) in [4.78, 5) is 17.9. The molecule has 1 heterocycles. The molecule has 0 unspecified atom stereocenters. The zero-order valence-electron chi connectivity index (χ0n) is 10.0. The van der Waals surface area contributed by atoms with E-state index in [9.17, 15) is 4.79 Å². The minimum absolute atomic E-state index is 0.103. The van der Waals surface area contributed by atoms with Crippen molar-refractivity contribution in [3.63, 3.8) is 0 Å². The number of carbonyl (C=O) groups excluding carboxylic acids is 1. The number of anilines is 1. The second kappa shape index (κ2) is 7.50. The van der Waals surface area contributed by atoms with E-state index in [2.05, 4.69) is 16.5 Å². The van der Waals surface area contributed by atoms with Gasteiger partial charge >= 0.3 is 5.97 Å². The summed E-state index contributed by atoms with van der Waals surface area (Å²) in [5.74, 6) is 0.520. The lowest BCUT2D eigenvalue weighted by molar-refractivity contribution is -0.142. The van der Waals surface area contributed by atoms with Gasteiger partial charge in [0.05, 0.1) is 12.3 Å². The number of nitrogens with zero attached hydrogens (tertiary/aromatic N) is 1. The molecule has 0 saturated carbocycles. The van der Waals surface area contributed by atoms with Crippen LogP contribution in [0.3, 0.4) is 0 Å². The van der Waals surface area contributed by atoms with Gasteiger partial charge in [-0.25, -0.2) is 4.98 Å². The third-order valence-corrected chi connectivity index (χ3v) is 1.63. The predicted molar refractivity (Wildman–Crippen MR) is 64.8 cm³/mol. The molecule has 1 aromatic rings. The van der Waals surface area contributed by atoms with Crippen LogP contribution in [-0.2, 0) is 16.0 Å². The second-order valence-corrected chi connectivity index (χ2v) is 2.67. The fourth-order valence-corrected chi connectivity index (χ4v) is 1.04. The van der Waals surface area contributed by atoms with Crippen LogP contribution in [-0.4, -0.2) is 22.5 Å². The fraction of sp³-hybridized carbons (Fsp3) is 0.455. The van der Waals surface area contributed by atoms with Gasteiger partial charge < -0.3 is 15.5 Å². The van der Waals surface area contributed by atoms with E-state index in [-0.39, 0.29) is 12.4 Å². The fourth-order valence-electron chi connectivity index (χ4n) is 1.04. The molecule has 0 aliphatic rings. The number of nitrogen functional groups attached to an aromatic ring is 1. The van der Waals surface area contributed by atoms with Gasteiger partial charge in [-0.05, 0) is 13.0 Å². The lowest BCUT2D eigenvalue weighted by Crippen LogP contribution is -2.08. The Hall–Kier alpha value is -1.78. The van der Waals surface area contributed by atoms with E-state index in [1.807, 2.05) is 13.8 Å². The number of carbonyl (C=O) groups is 1. The highest BCUT2D eigenvalue weighted by atomic mass is 16.5. The average molecular weight is 225 g/mol. The summed E-state index contributed by atoms with van der Waals surface area (Å²) >= 11 is 0. The van der Waals surface area contributed by atoms with Gasteiger partial charge in [-0.15, -0.1) is 0 Å². The van der Waals surface area contributed by atoms with Gasteiger partial charge in [0.1, 0.15) is 18.1 Å². The van der Waals surface area contributed by atoms with Crippen molar-refractivity contribution in [2.24, 2.45) is 0 Å². The van der Waals surface area contributed by atoms with Crippen molar-refractivity contribution in [2.75, 3.05) is 12.3 Å². The molecule has 0 atom stereocenters. The van der Waals surface area contributed by atoms with Crippen LogP contribution in [0.15, 0.2) is 6.58 Å². The quantitative estimate of drug-likeness (QED) is 0.765. The van der Waals surface area contributed by atoms with Gasteiger partial charge in [-0.1, -0.05) is 20.4 Å². The first-order chi connectivity index (χ1) is 7.67. The molecule has 16 heavy (non-hydrogen) atoms. The Balaban J connectivity index is 0.00000106. The van der Waals surface area contributed by atoms with Crippen molar-refractivity contribution >= 4 is 17.9 Å².